The van der Waals surface area contributed by atoms with Crippen LogP contribution in [-0.2, 0) is 10.0 Å². The first-order chi connectivity index (χ1) is 9.03. The number of thiophene rings is 1. The molecule has 1 N–H and O–H groups in total. The maximum absolute atomic E-state index is 12.2. The van der Waals surface area contributed by atoms with Crippen LogP contribution < -0.4 is 4.72 Å². The average molecular weight is 298 g/mol. The predicted octanol–water partition coefficient (Wildman–Crippen LogP) is 2.87. The Morgan fingerprint density at radius 2 is 2.05 bits per heavy atom. The lowest BCUT2D eigenvalue weighted by atomic mass is 9.85. The fourth-order valence-corrected chi connectivity index (χ4v) is 4.99. The average Bonchev–Trinajstić information content (AvgIpc) is 2.89. The lowest BCUT2D eigenvalue weighted by Gasteiger charge is -2.27. The van der Waals surface area contributed by atoms with Crippen molar-refractivity contribution < 1.29 is 8.42 Å². The van der Waals surface area contributed by atoms with Gasteiger partial charge in [0.25, 0.3) is 0 Å². The lowest BCUT2D eigenvalue weighted by molar-refractivity contribution is 0.303. The number of sulfonamides is 1. The zero-order valence-corrected chi connectivity index (χ0v) is 12.6. The topological polar surface area (TPSA) is 70.0 Å². The summed E-state index contributed by atoms with van der Waals surface area (Å²) in [5.74, 6) is 0.430. The molecule has 1 atom stereocenters. The third kappa shape index (κ3) is 3.56. The molecular formula is C13H18N2O2S2. The fourth-order valence-electron chi connectivity index (χ4n) is 2.56. The first kappa shape index (κ1) is 14.5. The van der Waals surface area contributed by atoms with Crippen molar-refractivity contribution in [2.24, 2.45) is 5.92 Å². The Morgan fingerprint density at radius 1 is 1.37 bits per heavy atom. The van der Waals surface area contributed by atoms with Crippen LogP contribution in [0.25, 0.3) is 0 Å². The summed E-state index contributed by atoms with van der Waals surface area (Å²) in [7, 11) is -3.48. The second-order valence-electron chi connectivity index (χ2n) is 5.04. The van der Waals surface area contributed by atoms with E-state index in [9.17, 15) is 8.42 Å². The number of nitrogens with one attached hydrogen (secondary N) is 1. The maximum atomic E-state index is 12.2. The Morgan fingerprint density at radius 3 is 2.63 bits per heavy atom. The van der Waals surface area contributed by atoms with Gasteiger partial charge in [0.2, 0.25) is 10.0 Å². The van der Waals surface area contributed by atoms with Crippen LogP contribution in [0.3, 0.4) is 0 Å². The van der Waals surface area contributed by atoms with Gasteiger partial charge in [0.05, 0.1) is 0 Å². The molecule has 1 heterocycles. The van der Waals surface area contributed by atoms with E-state index in [1.54, 1.807) is 6.07 Å². The highest BCUT2D eigenvalue weighted by Gasteiger charge is 2.26. The van der Waals surface area contributed by atoms with Gasteiger partial charge in [0.15, 0.2) is 0 Å². The monoisotopic (exact) mass is 298 g/mol. The standard InChI is InChI=1S/C13H18N2O2S2/c1-10(11-5-3-2-4-6-11)15-19(16,17)13-8-7-12(9-14)18-13/h7-8,10-11,15H,2-6H2,1H3. The minimum Gasteiger partial charge on any atom is -0.207 e. The Kier molecular flexibility index (Phi) is 4.61. The molecule has 0 aliphatic heterocycles. The summed E-state index contributed by atoms with van der Waals surface area (Å²) in [5.41, 5.74) is 0. The molecule has 1 saturated carbocycles. The van der Waals surface area contributed by atoms with Gasteiger partial charge in [-0.3, -0.25) is 0 Å². The molecule has 104 valence electrons. The van der Waals surface area contributed by atoms with Gasteiger partial charge in [-0.05, 0) is 37.8 Å². The molecule has 0 spiro atoms. The summed E-state index contributed by atoms with van der Waals surface area (Å²) in [4.78, 5) is 0.422. The second kappa shape index (κ2) is 6.04. The van der Waals surface area contributed by atoms with Crippen molar-refractivity contribution >= 4 is 21.4 Å². The van der Waals surface area contributed by atoms with Crippen LogP contribution in [0.1, 0.15) is 43.9 Å². The minimum absolute atomic E-state index is 0.0436. The first-order valence-electron chi connectivity index (χ1n) is 6.55. The first-order valence-corrected chi connectivity index (χ1v) is 8.85. The summed E-state index contributed by atoms with van der Waals surface area (Å²) >= 11 is 1.02. The lowest BCUT2D eigenvalue weighted by Crippen LogP contribution is -2.38. The number of nitriles is 1. The Bertz CT molecular complexity index is 566. The predicted molar refractivity (Wildman–Crippen MR) is 75.4 cm³/mol. The van der Waals surface area contributed by atoms with Gasteiger partial charge in [-0.2, -0.15) is 5.26 Å². The molecule has 0 bridgehead atoms. The van der Waals surface area contributed by atoms with Crippen LogP contribution in [0, 0.1) is 17.2 Å². The quantitative estimate of drug-likeness (QED) is 0.929. The highest BCUT2D eigenvalue weighted by molar-refractivity contribution is 7.91. The zero-order valence-electron chi connectivity index (χ0n) is 10.9. The summed E-state index contributed by atoms with van der Waals surface area (Å²) in [5, 5.41) is 8.75. The molecule has 1 aliphatic carbocycles. The highest BCUT2D eigenvalue weighted by Crippen LogP contribution is 2.28. The third-order valence-corrected chi connectivity index (χ3v) is 6.70. The van der Waals surface area contributed by atoms with E-state index < -0.39 is 10.0 Å². The van der Waals surface area contributed by atoms with Crippen LogP contribution in [-0.4, -0.2) is 14.5 Å². The van der Waals surface area contributed by atoms with E-state index in [1.165, 1.54) is 25.3 Å². The number of hydrogen-bond acceptors (Lipinski definition) is 4. The molecule has 0 saturated heterocycles. The molecule has 0 amide bonds. The van der Waals surface area contributed by atoms with Crippen molar-refractivity contribution in [3.05, 3.63) is 17.0 Å². The molecule has 1 fully saturated rings. The smallest absolute Gasteiger partial charge is 0.207 e. The van der Waals surface area contributed by atoms with Crippen molar-refractivity contribution in [2.75, 3.05) is 0 Å². The van der Waals surface area contributed by atoms with Gasteiger partial charge >= 0.3 is 0 Å². The van der Waals surface area contributed by atoms with Gasteiger partial charge in [0.1, 0.15) is 15.2 Å². The van der Waals surface area contributed by atoms with Crippen molar-refractivity contribution in [1.82, 2.24) is 4.72 Å². The molecule has 2 rings (SSSR count). The van der Waals surface area contributed by atoms with Gasteiger partial charge in [-0.1, -0.05) is 19.3 Å². The van der Waals surface area contributed by atoms with E-state index in [0.29, 0.717) is 10.8 Å². The normalized spacial score (nSPS) is 18.9. The Hall–Kier alpha value is -0.900. The van der Waals surface area contributed by atoms with Gasteiger partial charge in [-0.25, -0.2) is 13.1 Å². The van der Waals surface area contributed by atoms with Crippen LogP contribution in [0.2, 0.25) is 0 Å². The van der Waals surface area contributed by atoms with Gasteiger partial charge in [-0.15, -0.1) is 11.3 Å². The molecule has 0 radical (unpaired) electrons. The molecule has 6 heteroatoms. The number of hydrogen-bond donors (Lipinski definition) is 1. The van der Waals surface area contributed by atoms with Crippen LogP contribution in [0.5, 0.6) is 0 Å². The molecule has 0 aromatic carbocycles. The van der Waals surface area contributed by atoms with E-state index >= 15 is 0 Å². The summed E-state index contributed by atoms with van der Waals surface area (Å²) in [6.07, 6.45) is 5.82. The van der Waals surface area contributed by atoms with Crippen molar-refractivity contribution in [3.8, 4) is 6.07 Å². The molecule has 1 aromatic heterocycles. The van der Waals surface area contributed by atoms with E-state index in [4.69, 9.17) is 5.26 Å². The van der Waals surface area contributed by atoms with Crippen molar-refractivity contribution in [2.45, 2.75) is 49.3 Å². The molecule has 4 nitrogen and oxygen atoms in total. The van der Waals surface area contributed by atoms with Crippen molar-refractivity contribution in [3.63, 3.8) is 0 Å². The summed E-state index contributed by atoms with van der Waals surface area (Å²) in [6, 6.07) is 4.96. The molecular weight excluding hydrogens is 280 g/mol. The van der Waals surface area contributed by atoms with Gasteiger partial charge in [0, 0.05) is 6.04 Å². The van der Waals surface area contributed by atoms with E-state index in [0.717, 1.165) is 24.2 Å². The maximum Gasteiger partial charge on any atom is 0.250 e. The Balaban J connectivity index is 2.06. The van der Waals surface area contributed by atoms with Crippen molar-refractivity contribution in [1.29, 1.82) is 5.26 Å². The fraction of sp³-hybridized carbons (Fsp3) is 0.615. The van der Waals surface area contributed by atoms with E-state index in [2.05, 4.69) is 4.72 Å². The zero-order chi connectivity index (χ0) is 13.9. The highest BCUT2D eigenvalue weighted by atomic mass is 32.2. The minimum atomic E-state index is -3.48. The molecule has 19 heavy (non-hydrogen) atoms. The van der Waals surface area contributed by atoms with E-state index in [-0.39, 0.29) is 10.3 Å². The molecule has 1 unspecified atom stereocenters. The number of rotatable bonds is 4. The van der Waals surface area contributed by atoms with Crippen LogP contribution in [0.4, 0.5) is 0 Å². The SMILES string of the molecule is CC(NS(=O)(=O)c1ccc(C#N)s1)C1CCCCC1. The summed E-state index contributed by atoms with van der Waals surface area (Å²) < 4.78 is 27.4. The number of nitrogens with zero attached hydrogens (tertiary/aromatic N) is 1. The third-order valence-electron chi connectivity index (χ3n) is 3.65. The Labute approximate surface area is 118 Å². The molecule has 1 aliphatic rings. The second-order valence-corrected chi connectivity index (χ2v) is 8.06. The van der Waals surface area contributed by atoms with E-state index in [1.807, 2.05) is 13.0 Å². The largest absolute Gasteiger partial charge is 0.250 e. The molecule has 1 aromatic rings. The van der Waals surface area contributed by atoms with Crippen LogP contribution >= 0.6 is 11.3 Å². The summed E-state index contributed by atoms with van der Waals surface area (Å²) in [6.45, 7) is 1.94. The van der Waals surface area contributed by atoms with Gasteiger partial charge < -0.3 is 0 Å². The van der Waals surface area contributed by atoms with Crippen LogP contribution in [0.15, 0.2) is 16.3 Å².